The monoisotopic (exact) mass is 578 g/mol. The average molecular weight is 578 g/mol. The van der Waals surface area contributed by atoms with Gasteiger partial charge >= 0.3 is 15.2 Å². The molecular weight excluding hydrogens is 541 g/mol. The van der Waals surface area contributed by atoms with Crippen molar-refractivity contribution in [1.82, 2.24) is 0 Å². The van der Waals surface area contributed by atoms with Crippen LogP contribution >= 0.6 is 22.6 Å². The van der Waals surface area contributed by atoms with Gasteiger partial charge in [0.15, 0.2) is 12.7 Å². The standard InChI is InChI=1S/C24H37O10P3/c1-6-30-35(25,19-28-21-15-11-13-17-23(21)36(26,31-7-2)32-8-3)20-29-22-16-12-14-18-24(22)37(27,33-9-4)34-10-5/h11-18H,6-10,19-20H2,1-5H3. The summed E-state index contributed by atoms with van der Waals surface area (Å²) in [6, 6.07) is 13.1. The van der Waals surface area contributed by atoms with Gasteiger partial charge in [-0.15, -0.1) is 0 Å². The van der Waals surface area contributed by atoms with Gasteiger partial charge in [-0.05, 0) is 58.9 Å². The molecule has 0 N–H and O–H groups in total. The van der Waals surface area contributed by atoms with E-state index < -0.39 is 22.6 Å². The quantitative estimate of drug-likeness (QED) is 0.191. The Kier molecular flexibility index (Phi) is 13.0. The van der Waals surface area contributed by atoms with E-state index in [0.29, 0.717) is 0 Å². The van der Waals surface area contributed by atoms with Gasteiger partial charge in [-0.1, -0.05) is 24.3 Å². The first-order chi connectivity index (χ1) is 17.7. The van der Waals surface area contributed by atoms with Crippen molar-refractivity contribution in [1.29, 1.82) is 0 Å². The highest BCUT2D eigenvalue weighted by Crippen LogP contribution is 2.52. The minimum atomic E-state index is -3.65. The van der Waals surface area contributed by atoms with E-state index in [0.717, 1.165) is 0 Å². The summed E-state index contributed by atoms with van der Waals surface area (Å²) in [5.74, 6) is 0.399. The molecule has 2 rings (SSSR count). The fraction of sp³-hybridized carbons (Fsp3) is 0.500. The first kappa shape index (κ1) is 31.7. The highest BCUT2D eigenvalue weighted by atomic mass is 31.2. The van der Waals surface area contributed by atoms with Gasteiger partial charge in [-0.2, -0.15) is 0 Å². The summed E-state index contributed by atoms with van der Waals surface area (Å²) in [5, 5.41) is 0.449. The molecule has 0 heterocycles. The lowest BCUT2D eigenvalue weighted by Gasteiger charge is -2.23. The van der Waals surface area contributed by atoms with E-state index in [-0.39, 0.29) is 67.8 Å². The van der Waals surface area contributed by atoms with Crippen molar-refractivity contribution in [3.8, 4) is 11.5 Å². The molecule has 0 fully saturated rings. The summed E-state index contributed by atoms with van der Waals surface area (Å²) in [5.41, 5.74) is 0. The van der Waals surface area contributed by atoms with E-state index in [9.17, 15) is 13.7 Å². The van der Waals surface area contributed by atoms with Crippen LogP contribution in [0.15, 0.2) is 48.5 Å². The zero-order valence-electron chi connectivity index (χ0n) is 22.0. The molecule has 0 atom stereocenters. The van der Waals surface area contributed by atoms with E-state index in [2.05, 4.69) is 0 Å². The lowest BCUT2D eigenvalue weighted by atomic mass is 10.3. The summed E-state index contributed by atoms with van der Waals surface area (Å²) < 4.78 is 79.4. The third kappa shape index (κ3) is 8.77. The maximum absolute atomic E-state index is 13.6. The fourth-order valence-corrected chi connectivity index (χ4v) is 8.11. The van der Waals surface area contributed by atoms with Gasteiger partial charge in [0.05, 0.1) is 33.0 Å². The van der Waals surface area contributed by atoms with Gasteiger partial charge < -0.3 is 32.1 Å². The molecule has 0 amide bonds. The van der Waals surface area contributed by atoms with Crippen LogP contribution in [0.5, 0.6) is 11.5 Å². The molecule has 37 heavy (non-hydrogen) atoms. The smallest absolute Gasteiger partial charge is 0.365 e. The summed E-state index contributed by atoms with van der Waals surface area (Å²) in [6.45, 7) is 9.37. The summed E-state index contributed by atoms with van der Waals surface area (Å²) in [6.07, 6.45) is -0.736. The van der Waals surface area contributed by atoms with Crippen LogP contribution in [0, 0.1) is 0 Å². The third-order valence-electron chi connectivity index (χ3n) is 4.71. The molecule has 10 nitrogen and oxygen atoms in total. The number of rotatable bonds is 18. The molecule has 2 aromatic carbocycles. The molecule has 0 saturated carbocycles. The Morgan fingerprint density at radius 1 is 0.514 bits per heavy atom. The normalized spacial score (nSPS) is 12.5. The molecule has 0 saturated heterocycles. The Bertz CT molecular complexity index is 1020. The highest BCUT2D eigenvalue weighted by molar-refractivity contribution is 7.62. The number of benzene rings is 2. The molecule has 0 aliphatic carbocycles. The van der Waals surface area contributed by atoms with Crippen LogP contribution in [0.4, 0.5) is 0 Å². The van der Waals surface area contributed by atoms with Gasteiger partial charge in [-0.25, -0.2) is 0 Å². The predicted octanol–water partition coefficient (Wildman–Crippen LogP) is 6.16. The highest BCUT2D eigenvalue weighted by Gasteiger charge is 2.34. The molecule has 2 aromatic rings. The Balaban J connectivity index is 2.28. The number of hydrogen-bond acceptors (Lipinski definition) is 10. The minimum Gasteiger partial charge on any atom is -0.482 e. The van der Waals surface area contributed by atoms with Crippen LogP contribution in [0.2, 0.25) is 0 Å². The van der Waals surface area contributed by atoms with Crippen molar-refractivity contribution in [3.05, 3.63) is 48.5 Å². The molecule has 0 aliphatic rings. The molecule has 0 spiro atoms. The Labute approximate surface area is 219 Å². The van der Waals surface area contributed by atoms with Crippen molar-refractivity contribution in [3.63, 3.8) is 0 Å². The number of ether oxygens (including phenoxy) is 2. The first-order valence-corrected chi connectivity index (χ1v) is 17.2. The molecular formula is C24H37O10P3. The predicted molar refractivity (Wildman–Crippen MR) is 144 cm³/mol. The second-order valence-electron chi connectivity index (χ2n) is 7.38. The zero-order valence-corrected chi connectivity index (χ0v) is 24.7. The fourth-order valence-electron chi connectivity index (χ4n) is 3.33. The van der Waals surface area contributed by atoms with E-state index >= 15 is 0 Å². The van der Waals surface area contributed by atoms with Crippen LogP contribution in [-0.2, 0) is 36.3 Å². The summed E-state index contributed by atoms with van der Waals surface area (Å²) in [4.78, 5) is 0. The van der Waals surface area contributed by atoms with E-state index in [1.54, 1.807) is 83.1 Å². The van der Waals surface area contributed by atoms with Crippen LogP contribution in [-0.4, -0.2) is 45.7 Å². The molecule has 0 bridgehead atoms. The maximum atomic E-state index is 13.6. The molecule has 208 valence electrons. The minimum absolute atomic E-state index is 0.139. The Morgan fingerprint density at radius 2 is 0.838 bits per heavy atom. The van der Waals surface area contributed by atoms with Gasteiger partial charge in [0.2, 0.25) is 0 Å². The van der Waals surface area contributed by atoms with Gasteiger partial charge in [-0.3, -0.25) is 13.7 Å². The Hall–Kier alpha value is -1.47. The molecule has 0 unspecified atom stereocenters. The van der Waals surface area contributed by atoms with Crippen molar-refractivity contribution in [2.24, 2.45) is 0 Å². The van der Waals surface area contributed by atoms with Crippen molar-refractivity contribution in [2.45, 2.75) is 34.6 Å². The number of hydrogen-bond donors (Lipinski definition) is 0. The van der Waals surface area contributed by atoms with Crippen LogP contribution in [0.1, 0.15) is 34.6 Å². The van der Waals surface area contributed by atoms with Gasteiger partial charge in [0.1, 0.15) is 22.1 Å². The first-order valence-electron chi connectivity index (χ1n) is 12.2. The average Bonchev–Trinajstić information content (AvgIpc) is 2.87. The van der Waals surface area contributed by atoms with Crippen LogP contribution < -0.4 is 20.1 Å². The maximum Gasteiger partial charge on any atom is 0.365 e. The van der Waals surface area contributed by atoms with Crippen LogP contribution in [0.25, 0.3) is 0 Å². The van der Waals surface area contributed by atoms with Crippen molar-refractivity contribution in [2.75, 3.05) is 45.7 Å². The lowest BCUT2D eigenvalue weighted by molar-refractivity contribution is 0.228. The van der Waals surface area contributed by atoms with Crippen molar-refractivity contribution >= 4 is 33.2 Å². The van der Waals surface area contributed by atoms with E-state index in [1.165, 1.54) is 0 Å². The van der Waals surface area contributed by atoms with Crippen molar-refractivity contribution < 1.29 is 45.8 Å². The molecule has 13 heteroatoms. The molecule has 0 aromatic heterocycles. The second-order valence-corrected chi connectivity index (χ2v) is 13.8. The van der Waals surface area contributed by atoms with E-state index in [1.807, 2.05) is 0 Å². The SMILES string of the molecule is CCOP(=O)(COc1ccccc1P(=O)(OCC)OCC)COc1ccccc1P(=O)(OCC)OCC. The van der Waals surface area contributed by atoms with Gasteiger partial charge in [0.25, 0.3) is 7.37 Å². The molecule has 0 radical (unpaired) electrons. The summed E-state index contributed by atoms with van der Waals surface area (Å²) >= 11 is 0. The Morgan fingerprint density at radius 3 is 1.16 bits per heavy atom. The van der Waals surface area contributed by atoms with Gasteiger partial charge in [0, 0.05) is 0 Å². The summed E-state index contributed by atoms with van der Waals surface area (Å²) in [7, 11) is -10.9. The van der Waals surface area contributed by atoms with E-state index in [4.69, 9.17) is 32.1 Å². The van der Waals surface area contributed by atoms with Crippen LogP contribution in [0.3, 0.4) is 0 Å². The largest absolute Gasteiger partial charge is 0.482 e. The number of para-hydroxylation sites is 2. The molecule has 0 aliphatic heterocycles. The lowest BCUT2D eigenvalue weighted by Crippen LogP contribution is -2.18. The third-order valence-corrected chi connectivity index (χ3v) is 10.8. The topological polar surface area (TPSA) is 116 Å². The zero-order chi connectivity index (χ0) is 27.4. The second kappa shape index (κ2) is 15.2.